The van der Waals surface area contributed by atoms with E-state index in [1.807, 2.05) is 13.8 Å². The summed E-state index contributed by atoms with van der Waals surface area (Å²) in [6.07, 6.45) is 0.497. The van der Waals surface area contributed by atoms with E-state index in [1.165, 1.54) is 0 Å². The van der Waals surface area contributed by atoms with Gasteiger partial charge in [-0.3, -0.25) is 0 Å². The highest BCUT2D eigenvalue weighted by molar-refractivity contribution is 6.66. The highest BCUT2D eigenvalue weighted by atomic mass is 28.4. The highest BCUT2D eigenvalue weighted by Crippen LogP contribution is 2.28. The molecule has 130 valence electrons. The molecule has 0 bridgehead atoms. The maximum absolute atomic E-state index is 6.13. The molecule has 0 aromatic rings. The smallest absolute Gasteiger partial charge is 0.337 e. The number of rotatable bonds is 13. The van der Waals surface area contributed by atoms with Gasteiger partial charge in [0.15, 0.2) is 0 Å². The molecular formula is C15H30O6Si. The van der Waals surface area contributed by atoms with Crippen LogP contribution in [0.4, 0.5) is 0 Å². The van der Waals surface area contributed by atoms with E-state index in [4.69, 9.17) is 27.8 Å². The number of epoxide rings is 2. The monoisotopic (exact) mass is 334 g/mol. The van der Waals surface area contributed by atoms with Crippen molar-refractivity contribution in [2.75, 3.05) is 46.2 Å². The molecule has 0 aromatic heterocycles. The average molecular weight is 334 g/mol. The first-order valence-electron chi connectivity index (χ1n) is 8.21. The van der Waals surface area contributed by atoms with Gasteiger partial charge in [-0.25, -0.2) is 0 Å². The van der Waals surface area contributed by atoms with Crippen LogP contribution in [0.5, 0.6) is 0 Å². The van der Waals surface area contributed by atoms with Crippen molar-refractivity contribution >= 4 is 8.56 Å². The molecule has 0 aliphatic carbocycles. The number of hydrogen-bond acceptors (Lipinski definition) is 6. The Bertz CT molecular complexity index is 328. The highest BCUT2D eigenvalue weighted by Gasteiger charge is 2.42. The predicted molar refractivity (Wildman–Crippen MR) is 84.3 cm³/mol. The van der Waals surface area contributed by atoms with Crippen LogP contribution in [0.2, 0.25) is 12.6 Å². The van der Waals surface area contributed by atoms with Crippen molar-refractivity contribution in [2.24, 2.45) is 0 Å². The lowest BCUT2D eigenvalue weighted by atomic mass is 10.1. The molecule has 2 aliphatic heterocycles. The molecule has 7 heteroatoms. The first kappa shape index (κ1) is 18.3. The summed E-state index contributed by atoms with van der Waals surface area (Å²) in [5.41, 5.74) is -0.424. The van der Waals surface area contributed by atoms with Gasteiger partial charge in [-0.05, 0) is 27.3 Å². The van der Waals surface area contributed by atoms with Gasteiger partial charge in [-0.2, -0.15) is 0 Å². The number of ether oxygens (including phenoxy) is 4. The molecule has 0 N–H and O–H groups in total. The summed E-state index contributed by atoms with van der Waals surface area (Å²) in [7, 11) is -2.28. The molecular weight excluding hydrogens is 304 g/mol. The lowest BCUT2D eigenvalue weighted by molar-refractivity contribution is -0.0851. The Kier molecular flexibility index (Phi) is 6.82. The third-order valence-corrected chi connectivity index (χ3v) is 6.92. The maximum Gasteiger partial charge on any atom is 0.337 e. The second kappa shape index (κ2) is 8.19. The summed E-state index contributed by atoms with van der Waals surface area (Å²) in [5.74, 6) is 0. The first-order chi connectivity index (χ1) is 10.5. The van der Waals surface area contributed by atoms with Gasteiger partial charge < -0.3 is 27.8 Å². The Morgan fingerprint density at radius 1 is 1.05 bits per heavy atom. The molecule has 0 radical (unpaired) electrons. The van der Waals surface area contributed by atoms with Crippen molar-refractivity contribution in [2.45, 2.75) is 51.2 Å². The minimum Gasteiger partial charge on any atom is -0.395 e. The Morgan fingerprint density at radius 2 is 1.59 bits per heavy atom. The van der Waals surface area contributed by atoms with Gasteiger partial charge in [-0.1, -0.05) is 0 Å². The van der Waals surface area contributed by atoms with E-state index in [1.54, 1.807) is 0 Å². The molecule has 2 rings (SSSR count). The quantitative estimate of drug-likeness (QED) is 0.377. The van der Waals surface area contributed by atoms with Crippen LogP contribution in [0.25, 0.3) is 0 Å². The topological polar surface area (TPSA) is 62.0 Å². The molecule has 2 heterocycles. The second-order valence-electron chi connectivity index (χ2n) is 6.36. The summed E-state index contributed by atoms with van der Waals surface area (Å²) >= 11 is 0. The molecule has 22 heavy (non-hydrogen) atoms. The van der Waals surface area contributed by atoms with Crippen LogP contribution in [-0.2, 0) is 27.8 Å². The van der Waals surface area contributed by atoms with Crippen molar-refractivity contribution in [3.05, 3.63) is 0 Å². The predicted octanol–water partition coefficient (Wildman–Crippen LogP) is 1.72. The summed E-state index contributed by atoms with van der Waals surface area (Å²) in [6, 6.07) is 0.736. The first-order valence-corrected chi connectivity index (χ1v) is 10.7. The zero-order valence-corrected chi connectivity index (χ0v) is 15.3. The maximum atomic E-state index is 6.13. The Balaban J connectivity index is 1.89. The van der Waals surface area contributed by atoms with E-state index < -0.39 is 14.2 Å². The lowest BCUT2D eigenvalue weighted by Gasteiger charge is -2.36. The van der Waals surface area contributed by atoms with Crippen LogP contribution < -0.4 is 0 Å². The molecule has 0 saturated carbocycles. The van der Waals surface area contributed by atoms with Gasteiger partial charge in [0.1, 0.15) is 12.2 Å². The largest absolute Gasteiger partial charge is 0.395 e. The lowest BCUT2D eigenvalue weighted by Crippen LogP contribution is -2.49. The van der Waals surface area contributed by atoms with Crippen LogP contribution in [0.15, 0.2) is 0 Å². The third-order valence-electron chi connectivity index (χ3n) is 3.73. The normalized spacial score (nSPS) is 26.7. The minimum atomic E-state index is -2.28. The molecule has 2 fully saturated rings. The summed E-state index contributed by atoms with van der Waals surface area (Å²) < 4.78 is 34.3. The van der Waals surface area contributed by atoms with Crippen LogP contribution in [0.3, 0.4) is 0 Å². The zero-order valence-electron chi connectivity index (χ0n) is 14.3. The van der Waals surface area contributed by atoms with Crippen molar-refractivity contribution in [1.82, 2.24) is 0 Å². The fourth-order valence-corrected chi connectivity index (χ4v) is 5.68. The van der Waals surface area contributed by atoms with Gasteiger partial charge in [0.05, 0.1) is 38.6 Å². The summed E-state index contributed by atoms with van der Waals surface area (Å²) in [6.45, 7) is 12.8. The van der Waals surface area contributed by atoms with E-state index in [-0.39, 0.29) is 12.2 Å². The van der Waals surface area contributed by atoms with Crippen molar-refractivity contribution in [1.29, 1.82) is 0 Å². The summed E-state index contributed by atoms with van der Waals surface area (Å²) in [4.78, 5) is 0. The zero-order chi connectivity index (χ0) is 16.1. The van der Waals surface area contributed by atoms with Crippen LogP contribution in [0.1, 0.15) is 20.8 Å². The average Bonchev–Trinajstić information content (AvgIpc) is 3.32. The second-order valence-corrected chi connectivity index (χ2v) is 9.56. The molecule has 3 atom stereocenters. The molecule has 0 spiro atoms. The Hall–Kier alpha value is -0.0231. The van der Waals surface area contributed by atoms with Gasteiger partial charge in [0.2, 0.25) is 0 Å². The molecule has 6 nitrogen and oxygen atoms in total. The van der Waals surface area contributed by atoms with E-state index in [0.29, 0.717) is 33.0 Å². The molecule has 0 aromatic carbocycles. The van der Waals surface area contributed by atoms with Crippen molar-refractivity contribution < 1.29 is 27.8 Å². The third kappa shape index (κ3) is 6.62. The molecule has 2 saturated heterocycles. The van der Waals surface area contributed by atoms with E-state index >= 15 is 0 Å². The SMILES string of the molecule is CCO[Si](C)(CC(C)(COCC1CO1)OCC1CO1)OCC. The molecule has 3 unspecified atom stereocenters. The van der Waals surface area contributed by atoms with E-state index in [9.17, 15) is 0 Å². The van der Waals surface area contributed by atoms with E-state index in [0.717, 1.165) is 19.3 Å². The van der Waals surface area contributed by atoms with E-state index in [2.05, 4.69) is 13.5 Å². The minimum absolute atomic E-state index is 0.234. The van der Waals surface area contributed by atoms with Gasteiger partial charge in [0.25, 0.3) is 0 Å². The molecule has 0 amide bonds. The fraction of sp³-hybridized carbons (Fsp3) is 1.00. The van der Waals surface area contributed by atoms with Crippen LogP contribution in [-0.4, -0.2) is 72.6 Å². The number of hydrogen-bond donors (Lipinski definition) is 0. The van der Waals surface area contributed by atoms with Crippen molar-refractivity contribution in [3.8, 4) is 0 Å². The van der Waals surface area contributed by atoms with Crippen LogP contribution >= 0.6 is 0 Å². The van der Waals surface area contributed by atoms with Gasteiger partial charge in [-0.15, -0.1) is 0 Å². The standard InChI is InChI=1S/C15H30O6Si/c1-5-20-22(4,21-6-2)12-15(3,19-10-14-9-18-14)11-16-7-13-8-17-13/h13-14H,5-12H2,1-4H3. The van der Waals surface area contributed by atoms with Gasteiger partial charge >= 0.3 is 8.56 Å². The summed E-state index contributed by atoms with van der Waals surface area (Å²) in [5, 5.41) is 0. The molecule has 2 aliphatic rings. The van der Waals surface area contributed by atoms with Crippen molar-refractivity contribution in [3.63, 3.8) is 0 Å². The fourth-order valence-electron chi connectivity index (χ4n) is 2.61. The van der Waals surface area contributed by atoms with Crippen LogP contribution in [0, 0.1) is 0 Å². The Labute approximate surface area is 134 Å². The van der Waals surface area contributed by atoms with Gasteiger partial charge in [0, 0.05) is 19.3 Å². The Morgan fingerprint density at radius 3 is 2.09 bits per heavy atom.